The van der Waals surface area contributed by atoms with Crippen LogP contribution in [0.4, 0.5) is 0 Å². The van der Waals surface area contributed by atoms with Crippen LogP contribution in [-0.2, 0) is 37.2 Å². The van der Waals surface area contributed by atoms with Gasteiger partial charge in [-0.25, -0.2) is 14.2 Å². The van der Waals surface area contributed by atoms with Crippen molar-refractivity contribution >= 4 is 19.8 Å². The van der Waals surface area contributed by atoms with Gasteiger partial charge in [0.1, 0.15) is 0 Å². The number of phosphoric ester groups is 1. The topological polar surface area (TPSA) is 97.4 Å². The Balaban J connectivity index is 4.06. The lowest BCUT2D eigenvalue weighted by Crippen LogP contribution is -2.08. The molecule has 0 aliphatic carbocycles. The Morgan fingerprint density at radius 2 is 1.07 bits per heavy atom. The lowest BCUT2D eigenvalue weighted by molar-refractivity contribution is -0.139. The number of phosphoric acid groups is 1. The summed E-state index contributed by atoms with van der Waals surface area (Å²) in [6.45, 7) is 13.1. The van der Waals surface area contributed by atoms with Crippen molar-refractivity contribution in [3.8, 4) is 0 Å². The van der Waals surface area contributed by atoms with Crippen LogP contribution in [0.1, 0.15) is 52.9 Å². The smallest absolute Gasteiger partial charge is 0.462 e. The van der Waals surface area contributed by atoms with Gasteiger partial charge in [-0.2, -0.15) is 0 Å². The average Bonchev–Trinajstić information content (AvgIpc) is 2.65. The molecule has 28 heavy (non-hydrogen) atoms. The highest BCUT2D eigenvalue weighted by Gasteiger charge is 2.26. The number of hydrogen-bond acceptors (Lipinski definition) is 8. The third kappa shape index (κ3) is 13.7. The highest BCUT2D eigenvalue weighted by Crippen LogP contribution is 2.49. The van der Waals surface area contributed by atoms with Crippen molar-refractivity contribution in [1.29, 1.82) is 0 Å². The monoisotopic (exact) mass is 420 g/mol. The largest absolute Gasteiger partial charge is 0.474 e. The Morgan fingerprint density at radius 1 is 0.714 bits per heavy atom. The van der Waals surface area contributed by atoms with Gasteiger partial charge in [0.2, 0.25) is 0 Å². The van der Waals surface area contributed by atoms with Crippen LogP contribution in [0, 0.1) is 0 Å². The number of esters is 2. The predicted octanol–water partition coefficient (Wildman–Crippen LogP) is 4.35. The molecular weight excluding hydrogens is 387 g/mol. The highest BCUT2D eigenvalue weighted by molar-refractivity contribution is 7.48. The van der Waals surface area contributed by atoms with E-state index < -0.39 is 19.8 Å². The first-order chi connectivity index (χ1) is 13.2. The summed E-state index contributed by atoms with van der Waals surface area (Å²) in [7, 11) is -3.65. The molecule has 9 heteroatoms. The molecule has 0 aromatic carbocycles. The summed E-state index contributed by atoms with van der Waals surface area (Å²) >= 11 is 0. The average molecular weight is 420 g/mol. The van der Waals surface area contributed by atoms with E-state index in [1.165, 1.54) is 0 Å². The highest BCUT2D eigenvalue weighted by atomic mass is 31.2. The van der Waals surface area contributed by atoms with Crippen LogP contribution in [0.3, 0.4) is 0 Å². The quantitative estimate of drug-likeness (QED) is 0.148. The lowest BCUT2D eigenvalue weighted by atomic mass is 10.3. The van der Waals surface area contributed by atoms with Crippen molar-refractivity contribution in [2.45, 2.75) is 52.9 Å². The van der Waals surface area contributed by atoms with E-state index in [4.69, 9.17) is 23.0 Å². The van der Waals surface area contributed by atoms with Gasteiger partial charge in [-0.15, -0.1) is 0 Å². The van der Waals surface area contributed by atoms with E-state index >= 15 is 0 Å². The zero-order valence-corrected chi connectivity index (χ0v) is 18.1. The summed E-state index contributed by atoms with van der Waals surface area (Å²) in [5, 5.41) is 0. The molecule has 0 bridgehead atoms. The van der Waals surface area contributed by atoms with E-state index in [9.17, 15) is 14.2 Å². The van der Waals surface area contributed by atoms with E-state index in [-0.39, 0.29) is 33.0 Å². The minimum atomic E-state index is -3.65. The molecule has 0 aliphatic rings. The van der Waals surface area contributed by atoms with Crippen molar-refractivity contribution < 1.29 is 37.2 Å². The molecule has 0 saturated carbocycles. The van der Waals surface area contributed by atoms with Gasteiger partial charge in [0.25, 0.3) is 0 Å². The fourth-order valence-corrected chi connectivity index (χ4v) is 2.99. The summed E-state index contributed by atoms with van der Waals surface area (Å²) < 4.78 is 38.4. The van der Waals surface area contributed by atoms with E-state index in [1.807, 2.05) is 6.92 Å². The first-order valence-corrected chi connectivity index (χ1v) is 10.9. The van der Waals surface area contributed by atoms with Gasteiger partial charge in [0.05, 0.1) is 33.0 Å². The number of unbranched alkanes of at least 4 members (excludes halogenated alkanes) is 2. The number of hydrogen-bond donors (Lipinski definition) is 0. The fraction of sp³-hybridized carbons (Fsp3) is 0.684. The molecule has 0 aliphatic heterocycles. The van der Waals surface area contributed by atoms with Crippen molar-refractivity contribution in [1.82, 2.24) is 0 Å². The second-order valence-corrected chi connectivity index (χ2v) is 7.86. The molecule has 162 valence electrons. The maximum absolute atomic E-state index is 12.6. The first kappa shape index (κ1) is 26.5. The Bertz CT molecular complexity index is 516. The molecule has 0 radical (unpaired) electrons. The first-order valence-electron chi connectivity index (χ1n) is 9.40. The van der Waals surface area contributed by atoms with Gasteiger partial charge in [-0.3, -0.25) is 13.6 Å². The molecular formula is C19H33O8P. The molecule has 0 amide bonds. The van der Waals surface area contributed by atoms with Crippen LogP contribution < -0.4 is 0 Å². The normalized spacial score (nSPS) is 11.1. The minimum Gasteiger partial charge on any atom is -0.462 e. The molecule has 0 fully saturated rings. The van der Waals surface area contributed by atoms with Crippen LogP contribution in [-0.4, -0.2) is 45.0 Å². The third-order valence-electron chi connectivity index (χ3n) is 3.19. The Kier molecular flexibility index (Phi) is 14.6. The van der Waals surface area contributed by atoms with Crippen LogP contribution in [0.5, 0.6) is 0 Å². The predicted molar refractivity (Wildman–Crippen MR) is 106 cm³/mol. The molecule has 8 nitrogen and oxygen atoms in total. The van der Waals surface area contributed by atoms with Crippen molar-refractivity contribution in [2.75, 3.05) is 33.0 Å². The van der Waals surface area contributed by atoms with Gasteiger partial charge in [0.15, 0.2) is 0 Å². The second kappa shape index (κ2) is 15.5. The van der Waals surface area contributed by atoms with Crippen molar-refractivity contribution in [3.63, 3.8) is 0 Å². The van der Waals surface area contributed by atoms with E-state index in [2.05, 4.69) is 13.2 Å². The van der Waals surface area contributed by atoms with Crippen LogP contribution in [0.2, 0.25) is 0 Å². The summed E-state index contributed by atoms with van der Waals surface area (Å²) in [5.74, 6) is -0.870. The minimum absolute atomic E-state index is 0.155. The molecule has 0 atom stereocenters. The molecule has 0 aromatic rings. The van der Waals surface area contributed by atoms with Crippen molar-refractivity contribution in [2.24, 2.45) is 0 Å². The molecule has 0 aromatic heterocycles. The molecule has 0 spiro atoms. The lowest BCUT2D eigenvalue weighted by Gasteiger charge is -2.17. The standard InChI is InChI=1S/C19H33O8P/c1-6-11-25-28(22,26-14-9-7-12-23-18(20)16(2)3)27-15-10-8-13-24-19(21)17(4)5/h2,4,6-15H2,1,3,5H3. The van der Waals surface area contributed by atoms with Gasteiger partial charge in [-0.1, -0.05) is 20.1 Å². The van der Waals surface area contributed by atoms with Gasteiger partial charge < -0.3 is 9.47 Å². The van der Waals surface area contributed by atoms with E-state index in [1.54, 1.807) is 13.8 Å². The number of carbonyl (C=O) groups is 2. The maximum atomic E-state index is 12.6. The summed E-state index contributed by atoms with van der Waals surface area (Å²) in [6.07, 6.45) is 2.85. The Labute approximate surface area is 167 Å². The van der Waals surface area contributed by atoms with E-state index in [0.717, 1.165) is 0 Å². The second-order valence-electron chi connectivity index (χ2n) is 6.19. The fourth-order valence-electron chi connectivity index (χ4n) is 1.65. The van der Waals surface area contributed by atoms with Crippen molar-refractivity contribution in [3.05, 3.63) is 24.3 Å². The summed E-state index contributed by atoms with van der Waals surface area (Å²) in [5.41, 5.74) is 0.688. The summed E-state index contributed by atoms with van der Waals surface area (Å²) in [4.78, 5) is 22.5. The van der Waals surface area contributed by atoms with Gasteiger partial charge in [0, 0.05) is 11.1 Å². The molecule has 0 unspecified atom stereocenters. The number of rotatable bonds is 17. The van der Waals surface area contributed by atoms with Crippen LogP contribution >= 0.6 is 7.82 Å². The molecule has 0 saturated heterocycles. The number of carbonyl (C=O) groups excluding carboxylic acids is 2. The zero-order chi connectivity index (χ0) is 21.4. The summed E-state index contributed by atoms with van der Waals surface area (Å²) in [6, 6.07) is 0. The molecule has 0 rings (SSSR count). The van der Waals surface area contributed by atoms with E-state index in [0.29, 0.717) is 43.3 Å². The van der Waals surface area contributed by atoms with Gasteiger partial charge in [-0.05, 0) is 46.0 Å². The van der Waals surface area contributed by atoms with Gasteiger partial charge >= 0.3 is 19.8 Å². The number of ether oxygens (including phenoxy) is 2. The zero-order valence-electron chi connectivity index (χ0n) is 17.2. The Hall–Kier alpha value is -1.47. The van der Waals surface area contributed by atoms with Crippen LogP contribution in [0.15, 0.2) is 24.3 Å². The molecule has 0 heterocycles. The third-order valence-corrected chi connectivity index (χ3v) is 4.69. The van der Waals surface area contributed by atoms with Crippen LogP contribution in [0.25, 0.3) is 0 Å². The Morgan fingerprint density at radius 3 is 1.43 bits per heavy atom. The maximum Gasteiger partial charge on any atom is 0.474 e. The SMILES string of the molecule is C=C(C)C(=O)OCCCCOP(=O)(OCCC)OCCCCOC(=O)C(=C)C. The molecule has 0 N–H and O–H groups in total.